The number of nitrogens with zero attached hydrogens (tertiary/aromatic N) is 2. The van der Waals surface area contributed by atoms with Gasteiger partial charge in [0, 0.05) is 25.0 Å². The van der Waals surface area contributed by atoms with Crippen molar-refractivity contribution in [3.63, 3.8) is 0 Å². The first-order valence-corrected chi connectivity index (χ1v) is 7.76. The van der Waals surface area contributed by atoms with Crippen LogP contribution < -0.4 is 10.6 Å². The van der Waals surface area contributed by atoms with Crippen LogP contribution in [0.4, 0.5) is 0 Å². The fraction of sp³-hybridized carbons (Fsp3) is 0.750. The van der Waals surface area contributed by atoms with E-state index >= 15 is 0 Å². The van der Waals surface area contributed by atoms with E-state index in [1.165, 1.54) is 43.4 Å². The largest absolute Gasteiger partial charge is 0.392 e. The molecule has 2 N–H and O–H groups in total. The van der Waals surface area contributed by atoms with E-state index in [4.69, 9.17) is 4.99 Å². The van der Waals surface area contributed by atoms with Gasteiger partial charge in [0.05, 0.1) is 6.04 Å². The van der Waals surface area contributed by atoms with Gasteiger partial charge in [-0.05, 0) is 46.1 Å². The second-order valence-electron chi connectivity index (χ2n) is 5.55. The van der Waals surface area contributed by atoms with Gasteiger partial charge in [-0.15, -0.1) is 0 Å². The first-order valence-electron chi connectivity index (χ1n) is 7.76. The Balaban J connectivity index is 2.75. The number of aliphatic imine (C=N–C) groups is 2. The molecular formula is C16H30N4. The van der Waals surface area contributed by atoms with Crippen LogP contribution in [0.25, 0.3) is 0 Å². The van der Waals surface area contributed by atoms with Crippen molar-refractivity contribution in [2.45, 2.75) is 71.9 Å². The van der Waals surface area contributed by atoms with Gasteiger partial charge in [-0.1, -0.05) is 19.3 Å². The molecule has 0 amide bonds. The van der Waals surface area contributed by atoms with Crippen molar-refractivity contribution in [1.29, 1.82) is 0 Å². The van der Waals surface area contributed by atoms with Crippen molar-refractivity contribution in [1.82, 2.24) is 10.6 Å². The van der Waals surface area contributed by atoms with Crippen molar-refractivity contribution in [2.24, 2.45) is 9.98 Å². The Bertz CT molecular complexity index is 376. The molecule has 20 heavy (non-hydrogen) atoms. The number of hydrogen-bond donors (Lipinski definition) is 2. The van der Waals surface area contributed by atoms with E-state index in [2.05, 4.69) is 36.4 Å². The molecule has 4 heteroatoms. The van der Waals surface area contributed by atoms with E-state index in [0.717, 1.165) is 5.96 Å². The zero-order valence-electron chi connectivity index (χ0n) is 13.7. The SMILES string of the molecule is C/C=N\C(=N/C(C)/C(C)=C(\C)NC)NC1CCCCC1. The van der Waals surface area contributed by atoms with Crippen LogP contribution in [-0.4, -0.2) is 31.3 Å². The Morgan fingerprint density at radius 3 is 2.40 bits per heavy atom. The molecule has 0 aromatic rings. The molecule has 1 saturated carbocycles. The van der Waals surface area contributed by atoms with Crippen LogP contribution in [0.15, 0.2) is 21.3 Å². The topological polar surface area (TPSA) is 48.8 Å². The predicted molar refractivity (Wildman–Crippen MR) is 88.5 cm³/mol. The molecule has 0 aromatic heterocycles. The summed E-state index contributed by atoms with van der Waals surface area (Å²) < 4.78 is 0. The van der Waals surface area contributed by atoms with Crippen LogP contribution in [-0.2, 0) is 0 Å². The lowest BCUT2D eigenvalue weighted by Crippen LogP contribution is -2.36. The monoisotopic (exact) mass is 278 g/mol. The summed E-state index contributed by atoms with van der Waals surface area (Å²) in [5.41, 5.74) is 2.43. The van der Waals surface area contributed by atoms with Crippen LogP contribution in [0, 0.1) is 0 Å². The van der Waals surface area contributed by atoms with Crippen molar-refractivity contribution >= 4 is 12.2 Å². The summed E-state index contributed by atoms with van der Waals surface area (Å²) >= 11 is 0. The first kappa shape index (κ1) is 16.7. The van der Waals surface area contributed by atoms with Crippen LogP contribution in [0.3, 0.4) is 0 Å². The summed E-state index contributed by atoms with van der Waals surface area (Å²) in [6, 6.07) is 0.672. The van der Waals surface area contributed by atoms with Gasteiger partial charge < -0.3 is 10.6 Å². The minimum atomic E-state index is 0.136. The van der Waals surface area contributed by atoms with Gasteiger partial charge in [-0.3, -0.25) is 0 Å². The van der Waals surface area contributed by atoms with Gasteiger partial charge in [0.25, 0.3) is 0 Å². The van der Waals surface area contributed by atoms with Crippen LogP contribution in [0.1, 0.15) is 59.8 Å². The van der Waals surface area contributed by atoms with Crippen LogP contribution in [0.2, 0.25) is 0 Å². The van der Waals surface area contributed by atoms with Gasteiger partial charge in [0.1, 0.15) is 0 Å². The quantitative estimate of drug-likeness (QED) is 0.612. The lowest BCUT2D eigenvalue weighted by Gasteiger charge is -2.23. The van der Waals surface area contributed by atoms with Crippen molar-refractivity contribution in [3.8, 4) is 0 Å². The van der Waals surface area contributed by atoms with Gasteiger partial charge >= 0.3 is 0 Å². The Hall–Kier alpha value is -1.32. The fourth-order valence-electron chi connectivity index (χ4n) is 2.45. The Labute approximate surface area is 123 Å². The van der Waals surface area contributed by atoms with Crippen LogP contribution in [0.5, 0.6) is 0 Å². The molecule has 1 aliphatic rings. The second kappa shape index (κ2) is 8.77. The molecule has 0 saturated heterocycles. The van der Waals surface area contributed by atoms with Crippen molar-refractivity contribution in [2.75, 3.05) is 7.05 Å². The molecule has 0 spiro atoms. The maximum absolute atomic E-state index is 4.74. The van der Waals surface area contributed by atoms with E-state index in [1.807, 2.05) is 20.2 Å². The highest BCUT2D eigenvalue weighted by Crippen LogP contribution is 2.17. The Kier molecular flexibility index (Phi) is 7.34. The zero-order valence-corrected chi connectivity index (χ0v) is 13.7. The molecule has 1 rings (SSSR count). The molecule has 1 aliphatic carbocycles. The second-order valence-corrected chi connectivity index (χ2v) is 5.55. The third-order valence-corrected chi connectivity index (χ3v) is 4.10. The average molecular weight is 278 g/mol. The number of rotatable bonds is 4. The maximum Gasteiger partial charge on any atom is 0.218 e. The van der Waals surface area contributed by atoms with E-state index < -0.39 is 0 Å². The summed E-state index contributed by atoms with van der Waals surface area (Å²) in [5.74, 6) is 0.773. The number of guanidine groups is 1. The van der Waals surface area contributed by atoms with E-state index in [1.54, 1.807) is 0 Å². The number of allylic oxidation sites excluding steroid dienone is 1. The molecule has 0 aliphatic heterocycles. The molecular weight excluding hydrogens is 248 g/mol. The molecule has 4 nitrogen and oxygen atoms in total. The molecule has 0 radical (unpaired) electrons. The Morgan fingerprint density at radius 2 is 1.85 bits per heavy atom. The first-order chi connectivity index (χ1) is 9.58. The van der Waals surface area contributed by atoms with Gasteiger partial charge in [0.2, 0.25) is 5.96 Å². The average Bonchev–Trinajstić information content (AvgIpc) is 2.46. The highest BCUT2D eigenvalue weighted by Gasteiger charge is 2.15. The van der Waals surface area contributed by atoms with Gasteiger partial charge in [-0.25, -0.2) is 9.98 Å². The smallest absolute Gasteiger partial charge is 0.218 e. The molecule has 1 atom stereocenters. The lowest BCUT2D eigenvalue weighted by molar-refractivity contribution is 0.412. The molecule has 1 unspecified atom stereocenters. The fourth-order valence-corrected chi connectivity index (χ4v) is 2.45. The maximum atomic E-state index is 4.74. The number of hydrogen-bond acceptors (Lipinski definition) is 2. The summed E-state index contributed by atoms with van der Waals surface area (Å²) in [5, 5.41) is 6.69. The van der Waals surface area contributed by atoms with E-state index in [-0.39, 0.29) is 6.04 Å². The Morgan fingerprint density at radius 1 is 1.20 bits per heavy atom. The van der Waals surface area contributed by atoms with Gasteiger partial charge in [0.15, 0.2) is 0 Å². The third-order valence-electron chi connectivity index (χ3n) is 4.10. The summed E-state index contributed by atoms with van der Waals surface area (Å²) in [6.07, 6.45) is 8.27. The molecule has 114 valence electrons. The van der Waals surface area contributed by atoms with Crippen molar-refractivity contribution in [3.05, 3.63) is 11.3 Å². The standard InChI is InChI=1S/C16H30N4/c1-6-18-16(20-15-10-8-7-9-11-15)19-14(4)12(2)13(3)17-5/h6,14-15,17H,7-11H2,1-5H3,(H,19,20)/b13-12+,18-6-. The predicted octanol–water partition coefficient (Wildman–Crippen LogP) is 3.26. The van der Waals surface area contributed by atoms with E-state index in [0.29, 0.717) is 6.04 Å². The number of nitrogens with one attached hydrogen (secondary N) is 2. The van der Waals surface area contributed by atoms with E-state index in [9.17, 15) is 0 Å². The minimum absolute atomic E-state index is 0.136. The highest BCUT2D eigenvalue weighted by molar-refractivity contribution is 5.87. The summed E-state index contributed by atoms with van der Waals surface area (Å²) in [4.78, 5) is 9.14. The zero-order chi connectivity index (χ0) is 15.0. The lowest BCUT2D eigenvalue weighted by atomic mass is 9.96. The normalized spacial score (nSPS) is 20.8. The third kappa shape index (κ3) is 5.35. The van der Waals surface area contributed by atoms with Gasteiger partial charge in [-0.2, -0.15) is 0 Å². The highest BCUT2D eigenvalue weighted by atomic mass is 15.1. The molecule has 0 bridgehead atoms. The van der Waals surface area contributed by atoms with Crippen molar-refractivity contribution < 1.29 is 0 Å². The summed E-state index contributed by atoms with van der Waals surface area (Å²) in [6.45, 7) is 8.25. The van der Waals surface area contributed by atoms with Crippen LogP contribution >= 0.6 is 0 Å². The molecule has 0 heterocycles. The molecule has 0 aromatic carbocycles. The minimum Gasteiger partial charge on any atom is -0.392 e. The summed E-state index contributed by atoms with van der Waals surface area (Å²) in [7, 11) is 1.95. The molecule has 1 fully saturated rings.